The van der Waals surface area contributed by atoms with Crippen LogP contribution in [-0.2, 0) is 12.6 Å². The first-order valence-electron chi connectivity index (χ1n) is 3.91. The smallest absolute Gasteiger partial charge is 0.128 e. The van der Waals surface area contributed by atoms with Crippen molar-refractivity contribution in [1.82, 2.24) is 9.55 Å². The molecule has 0 spiro atoms. The fourth-order valence-corrected chi connectivity index (χ4v) is 1.32. The van der Waals surface area contributed by atoms with Crippen LogP contribution in [0.2, 0.25) is 0 Å². The molecule has 1 fully saturated rings. The van der Waals surface area contributed by atoms with Gasteiger partial charge < -0.3 is 10.3 Å². The molecule has 11 heavy (non-hydrogen) atoms. The highest BCUT2D eigenvalue weighted by Crippen LogP contribution is 2.41. The zero-order valence-electron chi connectivity index (χ0n) is 6.96. The number of rotatable bonds is 1. The third kappa shape index (κ3) is 0.878. The molecule has 1 heterocycles. The van der Waals surface area contributed by atoms with E-state index in [1.807, 2.05) is 20.2 Å². The fourth-order valence-electron chi connectivity index (χ4n) is 1.32. The largest absolute Gasteiger partial charge is 0.334 e. The van der Waals surface area contributed by atoms with Gasteiger partial charge in [-0.1, -0.05) is 0 Å². The minimum atomic E-state index is -0.0942. The van der Waals surface area contributed by atoms with Crippen LogP contribution >= 0.6 is 0 Å². The monoisotopic (exact) mass is 151 g/mol. The summed E-state index contributed by atoms with van der Waals surface area (Å²) in [5.41, 5.74) is 7.08. The van der Waals surface area contributed by atoms with Crippen LogP contribution in [0.3, 0.4) is 0 Å². The van der Waals surface area contributed by atoms with Crippen molar-refractivity contribution >= 4 is 0 Å². The van der Waals surface area contributed by atoms with Crippen molar-refractivity contribution in [1.29, 1.82) is 0 Å². The summed E-state index contributed by atoms with van der Waals surface area (Å²) in [6, 6.07) is 0. The predicted octanol–water partition coefficient (Wildman–Crippen LogP) is 0.676. The second-order valence-corrected chi connectivity index (χ2v) is 3.44. The van der Waals surface area contributed by atoms with Gasteiger partial charge in [0.05, 0.1) is 5.54 Å². The molecule has 0 saturated heterocycles. The summed E-state index contributed by atoms with van der Waals surface area (Å²) in [6.45, 7) is 2.04. The number of hydrogen-bond donors (Lipinski definition) is 1. The van der Waals surface area contributed by atoms with Crippen LogP contribution in [-0.4, -0.2) is 9.55 Å². The van der Waals surface area contributed by atoms with E-state index in [9.17, 15) is 0 Å². The molecular formula is C8H13N3. The second kappa shape index (κ2) is 1.85. The summed E-state index contributed by atoms with van der Waals surface area (Å²) in [5, 5.41) is 0. The number of nitrogens with zero attached hydrogens (tertiary/aromatic N) is 2. The SMILES string of the molecule is Cc1cnc(C2(N)CC2)n1C. The quantitative estimate of drug-likeness (QED) is 0.641. The van der Waals surface area contributed by atoms with E-state index in [0.29, 0.717) is 0 Å². The average molecular weight is 151 g/mol. The van der Waals surface area contributed by atoms with Crippen molar-refractivity contribution in [2.75, 3.05) is 0 Å². The van der Waals surface area contributed by atoms with Crippen LogP contribution in [0.25, 0.3) is 0 Å². The van der Waals surface area contributed by atoms with Gasteiger partial charge in [-0.25, -0.2) is 4.98 Å². The van der Waals surface area contributed by atoms with Gasteiger partial charge in [0.1, 0.15) is 5.82 Å². The molecule has 0 aliphatic heterocycles. The Morgan fingerprint density at radius 1 is 1.64 bits per heavy atom. The van der Waals surface area contributed by atoms with Crippen molar-refractivity contribution in [3.63, 3.8) is 0 Å². The Hall–Kier alpha value is -0.830. The van der Waals surface area contributed by atoms with E-state index in [-0.39, 0.29) is 5.54 Å². The summed E-state index contributed by atoms with van der Waals surface area (Å²) in [6.07, 6.45) is 4.04. The van der Waals surface area contributed by atoms with Crippen molar-refractivity contribution in [3.05, 3.63) is 17.7 Å². The van der Waals surface area contributed by atoms with Crippen molar-refractivity contribution in [2.45, 2.75) is 25.3 Å². The van der Waals surface area contributed by atoms with Gasteiger partial charge >= 0.3 is 0 Å². The van der Waals surface area contributed by atoms with Crippen LogP contribution in [0.5, 0.6) is 0 Å². The highest BCUT2D eigenvalue weighted by atomic mass is 15.1. The van der Waals surface area contributed by atoms with Crippen LogP contribution < -0.4 is 5.73 Å². The van der Waals surface area contributed by atoms with E-state index < -0.39 is 0 Å². The van der Waals surface area contributed by atoms with Gasteiger partial charge in [0.15, 0.2) is 0 Å². The molecule has 3 nitrogen and oxygen atoms in total. The number of aromatic nitrogens is 2. The van der Waals surface area contributed by atoms with Gasteiger partial charge in [-0.05, 0) is 19.8 Å². The summed E-state index contributed by atoms with van der Waals surface area (Å²) < 4.78 is 2.08. The van der Waals surface area contributed by atoms with E-state index >= 15 is 0 Å². The lowest BCUT2D eigenvalue weighted by Crippen LogP contribution is -2.23. The number of aryl methyl sites for hydroxylation is 1. The Labute approximate surface area is 66.2 Å². The predicted molar refractivity (Wildman–Crippen MR) is 43.0 cm³/mol. The maximum absolute atomic E-state index is 6.00. The van der Waals surface area contributed by atoms with Crippen LogP contribution in [0.1, 0.15) is 24.4 Å². The number of hydrogen-bond acceptors (Lipinski definition) is 2. The third-order valence-corrected chi connectivity index (χ3v) is 2.45. The van der Waals surface area contributed by atoms with Crippen LogP contribution in [0, 0.1) is 6.92 Å². The molecule has 1 aliphatic rings. The normalized spacial score (nSPS) is 20.3. The first kappa shape index (κ1) is 6.85. The lowest BCUT2D eigenvalue weighted by Gasteiger charge is -2.08. The van der Waals surface area contributed by atoms with Gasteiger partial charge in [0.2, 0.25) is 0 Å². The lowest BCUT2D eigenvalue weighted by atomic mass is 10.3. The molecule has 1 aliphatic carbocycles. The highest BCUT2D eigenvalue weighted by Gasteiger charge is 2.43. The molecule has 0 aromatic carbocycles. The Balaban J connectivity index is 2.45. The lowest BCUT2D eigenvalue weighted by molar-refractivity contribution is 0.625. The highest BCUT2D eigenvalue weighted by molar-refractivity contribution is 5.18. The number of nitrogens with two attached hydrogens (primary N) is 1. The van der Waals surface area contributed by atoms with Gasteiger partial charge in [0.25, 0.3) is 0 Å². The molecule has 1 aromatic heterocycles. The maximum atomic E-state index is 6.00. The molecule has 2 N–H and O–H groups in total. The van der Waals surface area contributed by atoms with Crippen LogP contribution in [0.15, 0.2) is 6.20 Å². The topological polar surface area (TPSA) is 43.8 Å². The minimum Gasteiger partial charge on any atom is -0.334 e. The maximum Gasteiger partial charge on any atom is 0.128 e. The van der Waals surface area contributed by atoms with E-state index in [1.165, 1.54) is 5.69 Å². The summed E-state index contributed by atoms with van der Waals surface area (Å²) in [5.74, 6) is 1.04. The second-order valence-electron chi connectivity index (χ2n) is 3.44. The summed E-state index contributed by atoms with van der Waals surface area (Å²) in [7, 11) is 2.02. The zero-order valence-corrected chi connectivity index (χ0v) is 6.96. The summed E-state index contributed by atoms with van der Waals surface area (Å²) >= 11 is 0. The molecule has 0 unspecified atom stereocenters. The Morgan fingerprint density at radius 2 is 2.27 bits per heavy atom. The van der Waals surface area contributed by atoms with E-state index in [4.69, 9.17) is 5.73 Å². The molecule has 0 radical (unpaired) electrons. The van der Waals surface area contributed by atoms with Crippen molar-refractivity contribution in [3.8, 4) is 0 Å². The zero-order chi connectivity index (χ0) is 8.06. The molecule has 0 amide bonds. The average Bonchev–Trinajstić information content (AvgIpc) is 2.60. The molecule has 0 bridgehead atoms. The van der Waals surface area contributed by atoms with E-state index in [1.54, 1.807) is 0 Å². The van der Waals surface area contributed by atoms with Crippen LogP contribution in [0.4, 0.5) is 0 Å². The first-order chi connectivity index (χ1) is 5.13. The minimum absolute atomic E-state index is 0.0942. The fraction of sp³-hybridized carbons (Fsp3) is 0.625. The van der Waals surface area contributed by atoms with E-state index in [0.717, 1.165) is 18.7 Å². The Bertz CT molecular complexity index is 284. The molecule has 2 rings (SSSR count). The van der Waals surface area contributed by atoms with Gasteiger partial charge in [-0.3, -0.25) is 0 Å². The molecule has 3 heteroatoms. The molecule has 1 aromatic rings. The third-order valence-electron chi connectivity index (χ3n) is 2.45. The van der Waals surface area contributed by atoms with Gasteiger partial charge in [-0.2, -0.15) is 0 Å². The van der Waals surface area contributed by atoms with Gasteiger partial charge in [0, 0.05) is 18.9 Å². The van der Waals surface area contributed by atoms with Gasteiger partial charge in [-0.15, -0.1) is 0 Å². The van der Waals surface area contributed by atoms with E-state index in [2.05, 4.69) is 9.55 Å². The summed E-state index contributed by atoms with van der Waals surface area (Å²) in [4.78, 5) is 4.29. The molecule has 60 valence electrons. The molecule has 1 saturated carbocycles. The molecule has 0 atom stereocenters. The Morgan fingerprint density at radius 3 is 2.64 bits per heavy atom. The Kier molecular flexibility index (Phi) is 1.16. The number of imidazole rings is 1. The van der Waals surface area contributed by atoms with Crippen molar-refractivity contribution < 1.29 is 0 Å². The first-order valence-corrected chi connectivity index (χ1v) is 3.91. The molecular weight excluding hydrogens is 138 g/mol. The van der Waals surface area contributed by atoms with Crippen molar-refractivity contribution in [2.24, 2.45) is 12.8 Å². The standard InChI is InChI=1S/C8H13N3/c1-6-5-10-7(11(6)2)8(9)3-4-8/h5H,3-4,9H2,1-2H3.